The highest BCUT2D eigenvalue weighted by Gasteiger charge is 2.39. The van der Waals surface area contributed by atoms with E-state index in [0.717, 1.165) is 17.5 Å². The first-order valence-corrected chi connectivity index (χ1v) is 14.4. The Morgan fingerprint density at radius 2 is 1.57 bits per heavy atom. The summed E-state index contributed by atoms with van der Waals surface area (Å²) in [5.41, 5.74) is 1.91. The molecule has 2 aromatic rings. The summed E-state index contributed by atoms with van der Waals surface area (Å²) in [6.45, 7) is 15.0. The van der Waals surface area contributed by atoms with Crippen LogP contribution in [0, 0.1) is 19.8 Å². The van der Waals surface area contributed by atoms with Crippen molar-refractivity contribution in [3.8, 4) is 5.75 Å². The van der Waals surface area contributed by atoms with Gasteiger partial charge in [-0.25, -0.2) is 4.79 Å². The molecule has 0 aliphatic rings. The number of hydrogen-bond donors (Lipinski definition) is 4. The topological polar surface area (TPSA) is 108 Å². The largest absolute Gasteiger partial charge is 0.508 e. The number of carbonyl (C=O) groups excluding carboxylic acids is 3. The number of anilines is 1. The smallest absolute Gasteiger partial charge is 0.408 e. The number of carbonyl (C=O) groups is 3. The summed E-state index contributed by atoms with van der Waals surface area (Å²) < 4.78 is 5.38. The lowest BCUT2D eigenvalue weighted by Crippen LogP contribution is -2.55. The van der Waals surface area contributed by atoms with Gasteiger partial charge in [-0.2, -0.15) is 12.6 Å². The Morgan fingerprint density at radius 1 is 0.975 bits per heavy atom. The number of phenolic OH excluding ortho intramolecular Hbond substituents is 1. The van der Waals surface area contributed by atoms with E-state index in [1.165, 1.54) is 11.0 Å². The van der Waals surface area contributed by atoms with Gasteiger partial charge in [-0.1, -0.05) is 50.2 Å². The number of aryl methyl sites for hydroxylation is 2. The van der Waals surface area contributed by atoms with Crippen molar-refractivity contribution < 1.29 is 24.2 Å². The Bertz CT molecular complexity index is 1160. The van der Waals surface area contributed by atoms with Gasteiger partial charge >= 0.3 is 6.09 Å². The second-order valence-corrected chi connectivity index (χ2v) is 12.0. The van der Waals surface area contributed by atoms with Gasteiger partial charge < -0.3 is 25.4 Å². The number of rotatable bonds is 11. The molecule has 0 saturated heterocycles. The standard InChI is InChI=1S/C31H45N3O5S/c1-19(2)16-17-22(5)34(29(37)24(18-40)32-30(38)39-31(6,7)8)27(23-14-9-10-15-25(23)35)28(36)33-26-20(3)12-11-13-21(26)4/h9-15,19,22,24,27,35,40H,16-18H2,1-8H3,(H,32,38)(H,33,36). The van der Waals surface area contributed by atoms with E-state index >= 15 is 0 Å². The highest BCUT2D eigenvalue weighted by atomic mass is 32.1. The van der Waals surface area contributed by atoms with Crippen molar-refractivity contribution in [3.63, 3.8) is 0 Å². The molecule has 2 aromatic carbocycles. The van der Waals surface area contributed by atoms with Crippen LogP contribution in [0.15, 0.2) is 42.5 Å². The molecule has 0 aromatic heterocycles. The monoisotopic (exact) mass is 571 g/mol. The van der Waals surface area contributed by atoms with Crippen LogP contribution in [0.5, 0.6) is 5.75 Å². The van der Waals surface area contributed by atoms with Crippen LogP contribution in [0.2, 0.25) is 0 Å². The maximum Gasteiger partial charge on any atom is 0.408 e. The zero-order valence-corrected chi connectivity index (χ0v) is 25.8. The molecule has 0 bridgehead atoms. The second kappa shape index (κ2) is 14.4. The zero-order chi connectivity index (χ0) is 30.2. The van der Waals surface area contributed by atoms with Gasteiger partial charge in [0.1, 0.15) is 23.4 Å². The quantitative estimate of drug-likeness (QED) is 0.242. The number of thiol groups is 1. The maximum atomic E-state index is 14.2. The molecular weight excluding hydrogens is 526 g/mol. The third-order valence-corrected chi connectivity index (χ3v) is 6.92. The number of amides is 3. The molecule has 0 heterocycles. The van der Waals surface area contributed by atoms with E-state index in [9.17, 15) is 19.5 Å². The van der Waals surface area contributed by atoms with Crippen LogP contribution < -0.4 is 10.6 Å². The third kappa shape index (κ3) is 9.18. The van der Waals surface area contributed by atoms with E-state index in [0.29, 0.717) is 18.0 Å². The number of aromatic hydroxyl groups is 1. The van der Waals surface area contributed by atoms with Crippen molar-refractivity contribution in [3.05, 3.63) is 59.2 Å². The number of alkyl carbamates (subject to hydrolysis) is 1. The minimum absolute atomic E-state index is 0.0164. The summed E-state index contributed by atoms with van der Waals surface area (Å²) in [6, 6.07) is 9.54. The van der Waals surface area contributed by atoms with Gasteiger partial charge in [0.2, 0.25) is 5.91 Å². The van der Waals surface area contributed by atoms with E-state index in [-0.39, 0.29) is 17.1 Å². The van der Waals surface area contributed by atoms with Crippen LogP contribution in [0.4, 0.5) is 10.5 Å². The fourth-order valence-electron chi connectivity index (χ4n) is 4.47. The lowest BCUT2D eigenvalue weighted by molar-refractivity contribution is -0.143. The summed E-state index contributed by atoms with van der Waals surface area (Å²) in [6.07, 6.45) is 0.659. The van der Waals surface area contributed by atoms with Crippen molar-refractivity contribution in [2.24, 2.45) is 5.92 Å². The SMILES string of the molecule is Cc1cccc(C)c1NC(=O)C(c1ccccc1O)N(C(=O)C(CS)NC(=O)OC(C)(C)C)C(C)CCC(C)C. The van der Waals surface area contributed by atoms with Crippen LogP contribution in [-0.4, -0.2) is 51.4 Å². The number of hydrogen-bond acceptors (Lipinski definition) is 6. The molecule has 220 valence electrons. The number of para-hydroxylation sites is 2. The summed E-state index contributed by atoms with van der Waals surface area (Å²) >= 11 is 4.36. The van der Waals surface area contributed by atoms with Gasteiger partial charge in [0, 0.05) is 23.0 Å². The Kier molecular flexibility index (Phi) is 11.9. The van der Waals surface area contributed by atoms with Crippen molar-refractivity contribution in [1.29, 1.82) is 0 Å². The molecule has 0 saturated carbocycles. The van der Waals surface area contributed by atoms with Gasteiger partial charge in [0.25, 0.3) is 5.91 Å². The predicted octanol–water partition coefficient (Wildman–Crippen LogP) is 6.17. The number of nitrogens with zero attached hydrogens (tertiary/aromatic N) is 1. The van der Waals surface area contributed by atoms with Gasteiger partial charge in [-0.3, -0.25) is 9.59 Å². The Labute approximate surface area is 244 Å². The minimum Gasteiger partial charge on any atom is -0.508 e. The molecule has 0 spiro atoms. The lowest BCUT2D eigenvalue weighted by atomic mass is 9.96. The van der Waals surface area contributed by atoms with E-state index in [1.54, 1.807) is 39.0 Å². The molecule has 8 nitrogen and oxygen atoms in total. The van der Waals surface area contributed by atoms with Crippen LogP contribution in [0.3, 0.4) is 0 Å². The van der Waals surface area contributed by atoms with Crippen LogP contribution in [0.1, 0.15) is 77.1 Å². The first-order chi connectivity index (χ1) is 18.7. The third-order valence-electron chi connectivity index (χ3n) is 6.55. The molecular formula is C31H45N3O5S. The molecule has 0 radical (unpaired) electrons. The van der Waals surface area contributed by atoms with Crippen LogP contribution >= 0.6 is 12.6 Å². The molecule has 0 aliphatic heterocycles. The first kappa shape index (κ1) is 33.0. The number of benzene rings is 2. The number of ether oxygens (including phenoxy) is 1. The molecule has 3 unspecified atom stereocenters. The Morgan fingerprint density at radius 3 is 2.10 bits per heavy atom. The Hall–Kier alpha value is -3.20. The van der Waals surface area contributed by atoms with Gasteiger partial charge in [-0.15, -0.1) is 0 Å². The molecule has 2 rings (SSSR count). The fourth-order valence-corrected chi connectivity index (χ4v) is 4.71. The van der Waals surface area contributed by atoms with E-state index in [2.05, 4.69) is 37.1 Å². The van der Waals surface area contributed by atoms with Crippen molar-refractivity contribution in [1.82, 2.24) is 10.2 Å². The molecule has 3 amide bonds. The molecule has 0 aliphatic carbocycles. The van der Waals surface area contributed by atoms with Crippen LogP contribution in [-0.2, 0) is 14.3 Å². The summed E-state index contributed by atoms with van der Waals surface area (Å²) in [4.78, 5) is 42.5. The fraction of sp³-hybridized carbons (Fsp3) is 0.516. The second-order valence-electron chi connectivity index (χ2n) is 11.7. The molecule has 3 N–H and O–H groups in total. The average molecular weight is 572 g/mol. The molecule has 9 heteroatoms. The van der Waals surface area contributed by atoms with Crippen molar-refractivity contribution >= 4 is 36.2 Å². The van der Waals surface area contributed by atoms with Gasteiger partial charge in [0.05, 0.1) is 0 Å². The zero-order valence-electron chi connectivity index (χ0n) is 24.9. The van der Waals surface area contributed by atoms with Crippen molar-refractivity contribution in [2.45, 2.75) is 92.0 Å². The Balaban J connectivity index is 2.62. The average Bonchev–Trinajstić information content (AvgIpc) is 2.85. The predicted molar refractivity (Wildman–Crippen MR) is 163 cm³/mol. The molecule has 40 heavy (non-hydrogen) atoms. The van der Waals surface area contributed by atoms with Gasteiger partial charge in [0.15, 0.2) is 0 Å². The van der Waals surface area contributed by atoms with Crippen LogP contribution in [0.25, 0.3) is 0 Å². The highest BCUT2D eigenvalue weighted by Crippen LogP contribution is 2.34. The summed E-state index contributed by atoms with van der Waals surface area (Å²) in [5.74, 6) is -0.731. The van der Waals surface area contributed by atoms with Gasteiger partial charge in [-0.05, 0) is 77.5 Å². The molecule has 3 atom stereocenters. The molecule has 0 fully saturated rings. The lowest BCUT2D eigenvalue weighted by Gasteiger charge is -2.38. The van der Waals surface area contributed by atoms with E-state index in [1.807, 2.05) is 39.0 Å². The highest BCUT2D eigenvalue weighted by molar-refractivity contribution is 7.80. The summed E-state index contributed by atoms with van der Waals surface area (Å²) in [7, 11) is 0. The number of nitrogens with one attached hydrogen (secondary N) is 2. The van der Waals surface area contributed by atoms with E-state index < -0.39 is 41.6 Å². The minimum atomic E-state index is -1.18. The normalized spacial score (nSPS) is 13.8. The van der Waals surface area contributed by atoms with E-state index in [4.69, 9.17) is 4.74 Å². The maximum absolute atomic E-state index is 14.2. The summed E-state index contributed by atoms with van der Waals surface area (Å²) in [5, 5.41) is 16.5. The number of phenols is 1. The first-order valence-electron chi connectivity index (χ1n) is 13.7. The van der Waals surface area contributed by atoms with Crippen molar-refractivity contribution in [2.75, 3.05) is 11.1 Å².